The Labute approximate surface area is 127 Å². The van der Waals surface area contributed by atoms with E-state index in [0.29, 0.717) is 17.5 Å². The predicted octanol–water partition coefficient (Wildman–Crippen LogP) is -0.951. The number of quaternary nitrogens is 1. The van der Waals surface area contributed by atoms with E-state index in [0.717, 1.165) is 50.7 Å². The fourth-order valence-corrected chi connectivity index (χ4v) is 5.12. The van der Waals surface area contributed by atoms with Crippen molar-refractivity contribution in [2.24, 2.45) is 0 Å². The molecule has 1 atom stereocenters. The molecule has 2 N–H and O–H groups in total. The number of rotatable bonds is 4. The third kappa shape index (κ3) is 4.30. The van der Waals surface area contributed by atoms with Crippen LogP contribution >= 0.6 is 12.2 Å². The van der Waals surface area contributed by atoms with Crippen LogP contribution in [0.25, 0.3) is 0 Å². The number of piperazine rings is 1. The Morgan fingerprint density at radius 3 is 2.65 bits per heavy atom. The van der Waals surface area contributed by atoms with Gasteiger partial charge in [-0.15, -0.1) is 0 Å². The molecule has 7 heteroatoms. The van der Waals surface area contributed by atoms with Crippen molar-refractivity contribution in [1.29, 1.82) is 0 Å². The van der Waals surface area contributed by atoms with Crippen LogP contribution < -0.4 is 10.2 Å². The van der Waals surface area contributed by atoms with E-state index in [-0.39, 0.29) is 0 Å². The van der Waals surface area contributed by atoms with Gasteiger partial charge in [-0.1, -0.05) is 13.3 Å². The van der Waals surface area contributed by atoms with Gasteiger partial charge in [0.1, 0.15) is 11.8 Å². The highest BCUT2D eigenvalue weighted by molar-refractivity contribution is 7.91. The second-order valence-corrected chi connectivity index (χ2v) is 8.45. The topological polar surface area (TPSA) is 53.9 Å². The van der Waals surface area contributed by atoms with E-state index in [1.807, 2.05) is 0 Å². The van der Waals surface area contributed by atoms with Gasteiger partial charge in [-0.2, -0.15) is 0 Å². The van der Waals surface area contributed by atoms with Gasteiger partial charge in [0, 0.05) is 13.0 Å². The molecule has 20 heavy (non-hydrogen) atoms. The van der Waals surface area contributed by atoms with Crippen molar-refractivity contribution in [1.82, 2.24) is 10.2 Å². The summed E-state index contributed by atoms with van der Waals surface area (Å²) in [7, 11) is -2.76. The van der Waals surface area contributed by atoms with Crippen LogP contribution in [0.1, 0.15) is 26.2 Å². The van der Waals surface area contributed by atoms with Crippen LogP contribution in [0.4, 0.5) is 0 Å². The monoisotopic (exact) mass is 320 g/mol. The third-order valence-electron chi connectivity index (χ3n) is 4.31. The number of thiocarbonyl (C=S) groups is 1. The summed E-state index contributed by atoms with van der Waals surface area (Å²) in [4.78, 5) is 3.66. The summed E-state index contributed by atoms with van der Waals surface area (Å²) < 4.78 is 23.1. The molecule has 2 aliphatic rings. The lowest BCUT2D eigenvalue weighted by Crippen LogP contribution is -3.18. The van der Waals surface area contributed by atoms with Gasteiger partial charge in [0.15, 0.2) is 14.9 Å². The maximum atomic E-state index is 11.5. The predicted molar refractivity (Wildman–Crippen MR) is 84.8 cm³/mol. The first-order chi connectivity index (χ1) is 9.52. The minimum Gasteiger partial charge on any atom is -0.363 e. The highest BCUT2D eigenvalue weighted by Gasteiger charge is 2.36. The molecular weight excluding hydrogens is 294 g/mol. The highest BCUT2D eigenvalue weighted by atomic mass is 32.2. The third-order valence-corrected chi connectivity index (χ3v) is 6.48. The first-order valence-electron chi connectivity index (χ1n) is 7.59. The number of hydrogen-bond acceptors (Lipinski definition) is 3. The van der Waals surface area contributed by atoms with Crippen LogP contribution in [-0.4, -0.2) is 68.7 Å². The van der Waals surface area contributed by atoms with E-state index in [1.54, 1.807) is 0 Å². The number of nitrogens with one attached hydrogen (secondary N) is 2. The van der Waals surface area contributed by atoms with Crippen LogP contribution in [0.5, 0.6) is 0 Å². The Hall–Kier alpha value is -0.400. The second-order valence-electron chi connectivity index (χ2n) is 5.83. The Bertz CT molecular complexity index is 431. The molecule has 0 aromatic rings. The minimum absolute atomic E-state index is 0.309. The maximum Gasteiger partial charge on any atom is 0.169 e. The van der Waals surface area contributed by atoms with Crippen molar-refractivity contribution >= 4 is 27.2 Å². The lowest BCUT2D eigenvalue weighted by molar-refractivity contribution is -0.925. The summed E-state index contributed by atoms with van der Waals surface area (Å²) >= 11 is 5.41. The van der Waals surface area contributed by atoms with Crippen molar-refractivity contribution in [2.45, 2.75) is 32.2 Å². The van der Waals surface area contributed by atoms with Crippen LogP contribution in [0.3, 0.4) is 0 Å². The summed E-state index contributed by atoms with van der Waals surface area (Å²) in [6.07, 6.45) is 3.14. The molecule has 0 aromatic heterocycles. The fraction of sp³-hybridized carbons (Fsp3) is 0.923. The largest absolute Gasteiger partial charge is 0.363 e. The van der Waals surface area contributed by atoms with Crippen molar-refractivity contribution in [3.8, 4) is 0 Å². The molecule has 0 radical (unpaired) electrons. The van der Waals surface area contributed by atoms with Gasteiger partial charge >= 0.3 is 0 Å². The van der Waals surface area contributed by atoms with E-state index in [4.69, 9.17) is 12.2 Å². The molecule has 2 heterocycles. The lowest BCUT2D eigenvalue weighted by Gasteiger charge is -2.36. The maximum absolute atomic E-state index is 11.5. The quantitative estimate of drug-likeness (QED) is 0.517. The fourth-order valence-electron chi connectivity index (χ4n) is 3.01. The molecule has 0 spiro atoms. The van der Waals surface area contributed by atoms with Crippen LogP contribution in [0.2, 0.25) is 0 Å². The van der Waals surface area contributed by atoms with Gasteiger partial charge in [-0.05, 0) is 18.6 Å². The molecule has 0 bridgehead atoms. The zero-order valence-corrected chi connectivity index (χ0v) is 13.9. The van der Waals surface area contributed by atoms with E-state index in [9.17, 15) is 8.42 Å². The van der Waals surface area contributed by atoms with E-state index in [1.165, 1.54) is 11.3 Å². The molecular formula is C13H26N3O2S2+. The molecule has 0 aliphatic carbocycles. The van der Waals surface area contributed by atoms with Gasteiger partial charge in [0.25, 0.3) is 0 Å². The van der Waals surface area contributed by atoms with Crippen molar-refractivity contribution in [2.75, 3.05) is 44.2 Å². The Morgan fingerprint density at radius 2 is 2.10 bits per heavy atom. The Balaban J connectivity index is 1.74. The van der Waals surface area contributed by atoms with Gasteiger partial charge in [-0.3, -0.25) is 0 Å². The van der Waals surface area contributed by atoms with Crippen LogP contribution in [0.15, 0.2) is 0 Å². The van der Waals surface area contributed by atoms with E-state index >= 15 is 0 Å². The summed E-state index contributed by atoms with van der Waals surface area (Å²) in [5.74, 6) is 0.753. The average molecular weight is 321 g/mol. The molecule has 2 fully saturated rings. The first-order valence-corrected chi connectivity index (χ1v) is 9.82. The Morgan fingerprint density at radius 1 is 1.40 bits per heavy atom. The summed E-state index contributed by atoms with van der Waals surface area (Å²) in [6.45, 7) is 6.98. The van der Waals surface area contributed by atoms with Gasteiger partial charge < -0.3 is 15.1 Å². The zero-order chi connectivity index (χ0) is 14.6. The number of unbranched alkanes of at least 4 members (excludes halogenated alkanes) is 1. The first kappa shape index (κ1) is 16.0. The van der Waals surface area contributed by atoms with Gasteiger partial charge in [0.2, 0.25) is 0 Å². The molecule has 0 saturated carbocycles. The molecule has 0 amide bonds. The zero-order valence-electron chi connectivity index (χ0n) is 12.2. The van der Waals surface area contributed by atoms with E-state index < -0.39 is 9.84 Å². The van der Waals surface area contributed by atoms with Crippen LogP contribution in [-0.2, 0) is 9.84 Å². The average Bonchev–Trinajstić information content (AvgIpc) is 2.79. The van der Waals surface area contributed by atoms with Crippen molar-refractivity contribution in [3.63, 3.8) is 0 Å². The number of nitrogens with zero attached hydrogens (tertiary/aromatic N) is 1. The van der Waals surface area contributed by atoms with Crippen molar-refractivity contribution < 1.29 is 13.3 Å². The highest BCUT2D eigenvalue weighted by Crippen LogP contribution is 2.09. The standard InChI is InChI=1S/C13H25N3O2S2/c1-2-3-5-14-13(19)16-8-6-15(7-9-16)12-4-10-20(17,18)11-12/h12H,2-11H2,1H3,(H,14,19)/p+1/t12-/m0/s1. The normalized spacial score (nSPS) is 26.6. The SMILES string of the molecule is CCCCNC(=S)N1CC[NH+]([C@H]2CCS(=O)(=O)C2)CC1. The second kappa shape index (κ2) is 7.04. The molecule has 2 aliphatic heterocycles. The molecule has 116 valence electrons. The molecule has 2 rings (SSSR count). The Kier molecular flexibility index (Phi) is 5.63. The molecule has 2 saturated heterocycles. The summed E-state index contributed by atoms with van der Waals surface area (Å²) in [5, 5.41) is 4.16. The van der Waals surface area contributed by atoms with E-state index in [2.05, 4.69) is 17.1 Å². The summed E-state index contributed by atoms with van der Waals surface area (Å²) in [5.41, 5.74) is 0. The smallest absolute Gasteiger partial charge is 0.169 e. The van der Waals surface area contributed by atoms with Gasteiger partial charge in [-0.25, -0.2) is 8.42 Å². The minimum atomic E-state index is -2.76. The van der Waals surface area contributed by atoms with Crippen LogP contribution in [0, 0.1) is 0 Å². The molecule has 0 aromatic carbocycles. The molecule has 5 nitrogen and oxygen atoms in total. The lowest BCUT2D eigenvalue weighted by atomic mass is 10.2. The number of sulfone groups is 1. The molecule has 0 unspecified atom stereocenters. The van der Waals surface area contributed by atoms with Crippen molar-refractivity contribution in [3.05, 3.63) is 0 Å². The summed E-state index contributed by atoms with van der Waals surface area (Å²) in [6, 6.07) is 0.309. The van der Waals surface area contributed by atoms with Gasteiger partial charge in [0.05, 0.1) is 31.9 Å². The number of hydrogen-bond donors (Lipinski definition) is 2.